The van der Waals surface area contributed by atoms with E-state index in [9.17, 15) is 10.1 Å². The van der Waals surface area contributed by atoms with Crippen LogP contribution in [0.25, 0.3) is 5.57 Å². The minimum atomic E-state index is -0.255. The number of anilines is 2. The van der Waals surface area contributed by atoms with Gasteiger partial charge in [0.25, 0.3) is 5.91 Å². The number of carbonyl (C=O) groups excluding carboxylic acids is 1. The summed E-state index contributed by atoms with van der Waals surface area (Å²) in [6, 6.07) is 16.4. The number of hydrogen-bond acceptors (Lipinski definition) is 6. The molecule has 0 aliphatic carbocycles. The zero-order valence-corrected chi connectivity index (χ0v) is 16.9. The topological polar surface area (TPSA) is 87.0 Å². The number of aryl methyl sites for hydroxylation is 1. The summed E-state index contributed by atoms with van der Waals surface area (Å²) in [5.74, 6) is 0.494. The fourth-order valence-electron chi connectivity index (χ4n) is 2.58. The van der Waals surface area contributed by atoms with E-state index in [-0.39, 0.29) is 5.91 Å². The van der Waals surface area contributed by atoms with Crippen LogP contribution in [0.1, 0.15) is 28.0 Å². The second-order valence-corrected chi connectivity index (χ2v) is 6.92. The molecule has 146 valence electrons. The number of allylic oxidation sites excluding steroid dienone is 1. The van der Waals surface area contributed by atoms with Gasteiger partial charge in [-0.3, -0.25) is 4.79 Å². The number of nitriles is 1. The van der Waals surface area contributed by atoms with Crippen LogP contribution in [0.3, 0.4) is 0 Å². The Labute approximate surface area is 173 Å². The molecule has 6 nitrogen and oxygen atoms in total. The summed E-state index contributed by atoms with van der Waals surface area (Å²) in [6.45, 7) is 4.38. The maximum Gasteiger partial charge on any atom is 0.257 e. The van der Waals surface area contributed by atoms with E-state index in [1.807, 2.05) is 25.3 Å². The first-order valence-electron chi connectivity index (χ1n) is 9.03. The summed E-state index contributed by atoms with van der Waals surface area (Å²) in [5.41, 5.74) is 2.99. The van der Waals surface area contributed by atoms with Crippen molar-refractivity contribution in [3.63, 3.8) is 0 Å². The van der Waals surface area contributed by atoms with Gasteiger partial charge in [-0.1, -0.05) is 12.1 Å². The van der Waals surface area contributed by atoms with Crippen LogP contribution in [0.4, 0.5) is 11.4 Å². The third-order valence-corrected chi connectivity index (χ3v) is 4.93. The molecule has 0 fully saturated rings. The highest BCUT2D eigenvalue weighted by molar-refractivity contribution is 7.10. The molecule has 0 saturated carbocycles. The molecule has 0 spiro atoms. The maximum absolute atomic E-state index is 12.8. The molecule has 7 heteroatoms. The van der Waals surface area contributed by atoms with Gasteiger partial charge in [-0.05, 0) is 50.2 Å². The predicted molar refractivity (Wildman–Crippen MR) is 116 cm³/mol. The third kappa shape index (κ3) is 5.21. The van der Waals surface area contributed by atoms with Crippen molar-refractivity contribution in [2.75, 3.05) is 17.2 Å². The van der Waals surface area contributed by atoms with Crippen molar-refractivity contribution in [1.29, 1.82) is 5.26 Å². The molecule has 29 heavy (non-hydrogen) atoms. The van der Waals surface area contributed by atoms with Crippen molar-refractivity contribution in [1.82, 2.24) is 4.98 Å². The first-order chi connectivity index (χ1) is 14.1. The van der Waals surface area contributed by atoms with E-state index in [0.29, 0.717) is 34.1 Å². The Hall–Kier alpha value is -3.63. The molecule has 2 N–H and O–H groups in total. The lowest BCUT2D eigenvalue weighted by atomic mass is 10.1. The Bertz CT molecular complexity index is 1060. The molecule has 3 rings (SSSR count). The second-order valence-electron chi connectivity index (χ2n) is 6.07. The number of nitrogens with one attached hydrogen (secondary N) is 2. The summed E-state index contributed by atoms with van der Waals surface area (Å²) in [4.78, 5) is 17.1. The molecule has 1 heterocycles. The average molecular weight is 404 g/mol. The summed E-state index contributed by atoms with van der Waals surface area (Å²) in [6.07, 6.45) is 1.57. The van der Waals surface area contributed by atoms with Crippen LogP contribution in [0.2, 0.25) is 0 Å². The van der Waals surface area contributed by atoms with Gasteiger partial charge in [0, 0.05) is 23.0 Å². The van der Waals surface area contributed by atoms with Gasteiger partial charge < -0.3 is 15.4 Å². The van der Waals surface area contributed by atoms with Crippen molar-refractivity contribution in [3.05, 3.63) is 76.4 Å². The van der Waals surface area contributed by atoms with Crippen LogP contribution in [-0.4, -0.2) is 17.5 Å². The first-order valence-corrected chi connectivity index (χ1v) is 9.91. The molecule has 0 bridgehead atoms. The number of thiazole rings is 1. The largest absolute Gasteiger partial charge is 0.494 e. The van der Waals surface area contributed by atoms with Crippen LogP contribution in [0.15, 0.2) is 60.1 Å². The zero-order chi connectivity index (χ0) is 20.6. The normalized spacial score (nSPS) is 10.9. The lowest BCUT2D eigenvalue weighted by Crippen LogP contribution is -2.13. The fourth-order valence-corrected chi connectivity index (χ4v) is 3.34. The van der Waals surface area contributed by atoms with Crippen molar-refractivity contribution in [3.8, 4) is 11.8 Å². The standard InChI is InChI=1S/C22H20N4O2S/c1-3-28-18-10-8-17(9-11-18)26-21(27)19-6-4-5-7-20(19)24-13-16(12-23)22-25-15(2)14-29-22/h4-11,13-14,24H,3H2,1-2H3,(H,26,27)/b16-13+. The molecule has 0 aliphatic heterocycles. The van der Waals surface area contributed by atoms with Gasteiger partial charge in [-0.2, -0.15) is 5.26 Å². The number of aromatic nitrogens is 1. The molecule has 0 saturated heterocycles. The number of amides is 1. The van der Waals surface area contributed by atoms with E-state index < -0.39 is 0 Å². The minimum absolute atomic E-state index is 0.255. The van der Waals surface area contributed by atoms with Gasteiger partial charge in [-0.15, -0.1) is 11.3 Å². The van der Waals surface area contributed by atoms with Crippen LogP contribution in [0, 0.1) is 18.3 Å². The van der Waals surface area contributed by atoms with Gasteiger partial charge in [0.1, 0.15) is 22.4 Å². The summed E-state index contributed by atoms with van der Waals surface area (Å²) in [5, 5.41) is 17.9. The van der Waals surface area contributed by atoms with Gasteiger partial charge in [0.05, 0.1) is 17.9 Å². The van der Waals surface area contributed by atoms with Gasteiger partial charge in [0.15, 0.2) is 0 Å². The van der Waals surface area contributed by atoms with E-state index in [4.69, 9.17) is 4.74 Å². The molecule has 0 atom stereocenters. The Kier molecular flexibility index (Phi) is 6.61. The number of para-hydroxylation sites is 1. The molecule has 0 aliphatic rings. The van der Waals surface area contributed by atoms with Crippen LogP contribution < -0.4 is 15.4 Å². The molecular formula is C22H20N4O2S. The molecule has 2 aromatic carbocycles. The van der Waals surface area contributed by atoms with Crippen molar-refractivity contribution >= 4 is 34.2 Å². The SMILES string of the molecule is CCOc1ccc(NC(=O)c2ccccc2N/C=C(\C#N)c2nc(C)cs2)cc1. The predicted octanol–water partition coefficient (Wildman–Crippen LogP) is 5.08. The van der Waals surface area contributed by atoms with Gasteiger partial charge >= 0.3 is 0 Å². The summed E-state index contributed by atoms with van der Waals surface area (Å²) < 4.78 is 5.41. The smallest absolute Gasteiger partial charge is 0.257 e. The average Bonchev–Trinajstić information content (AvgIpc) is 3.16. The van der Waals surface area contributed by atoms with Crippen molar-refractivity contribution < 1.29 is 9.53 Å². The molecule has 3 aromatic rings. The molecule has 1 amide bonds. The monoisotopic (exact) mass is 404 g/mol. The Morgan fingerprint density at radius 1 is 1.24 bits per heavy atom. The van der Waals surface area contributed by atoms with E-state index in [0.717, 1.165) is 11.4 Å². The quantitative estimate of drug-likeness (QED) is 0.536. The van der Waals surface area contributed by atoms with E-state index in [2.05, 4.69) is 21.7 Å². The van der Waals surface area contributed by atoms with Gasteiger partial charge in [-0.25, -0.2) is 4.98 Å². The highest BCUT2D eigenvalue weighted by Crippen LogP contribution is 2.22. The van der Waals surface area contributed by atoms with Crippen LogP contribution in [-0.2, 0) is 0 Å². The van der Waals surface area contributed by atoms with Crippen molar-refractivity contribution in [2.24, 2.45) is 0 Å². The number of rotatable bonds is 7. The number of carbonyl (C=O) groups is 1. The van der Waals surface area contributed by atoms with E-state index >= 15 is 0 Å². The maximum atomic E-state index is 12.8. The Balaban J connectivity index is 1.76. The highest BCUT2D eigenvalue weighted by Gasteiger charge is 2.12. The summed E-state index contributed by atoms with van der Waals surface area (Å²) >= 11 is 1.40. The number of benzene rings is 2. The van der Waals surface area contributed by atoms with Crippen molar-refractivity contribution in [2.45, 2.75) is 13.8 Å². The molecule has 0 unspecified atom stereocenters. The summed E-state index contributed by atoms with van der Waals surface area (Å²) in [7, 11) is 0. The highest BCUT2D eigenvalue weighted by atomic mass is 32.1. The van der Waals surface area contributed by atoms with Gasteiger partial charge in [0.2, 0.25) is 0 Å². The fraction of sp³-hybridized carbons (Fsp3) is 0.136. The second kappa shape index (κ2) is 9.53. The van der Waals surface area contributed by atoms with E-state index in [1.54, 1.807) is 48.7 Å². The molecular weight excluding hydrogens is 384 g/mol. The Morgan fingerprint density at radius 3 is 2.66 bits per heavy atom. The third-order valence-electron chi connectivity index (χ3n) is 3.94. The zero-order valence-electron chi connectivity index (χ0n) is 16.1. The number of ether oxygens (including phenoxy) is 1. The molecule has 1 aromatic heterocycles. The molecule has 0 radical (unpaired) electrons. The lowest BCUT2D eigenvalue weighted by molar-refractivity contribution is 0.102. The lowest BCUT2D eigenvalue weighted by Gasteiger charge is -2.11. The minimum Gasteiger partial charge on any atom is -0.494 e. The number of nitrogens with zero attached hydrogens (tertiary/aromatic N) is 2. The Morgan fingerprint density at radius 2 is 2.00 bits per heavy atom. The first kappa shape index (κ1) is 20.1. The number of hydrogen-bond donors (Lipinski definition) is 2. The van der Waals surface area contributed by atoms with Crippen LogP contribution in [0.5, 0.6) is 5.75 Å². The van der Waals surface area contributed by atoms with Crippen LogP contribution >= 0.6 is 11.3 Å². The van der Waals surface area contributed by atoms with E-state index in [1.165, 1.54) is 11.3 Å².